The van der Waals surface area contributed by atoms with E-state index >= 15 is 0 Å². The Balaban J connectivity index is 1.36. The van der Waals surface area contributed by atoms with Gasteiger partial charge in [0.25, 0.3) is 0 Å². The second-order valence-electron chi connectivity index (χ2n) is 9.33. The number of carbonyl (C=O) groups excluding carboxylic acids is 1. The Hall–Kier alpha value is -3.67. The van der Waals surface area contributed by atoms with Gasteiger partial charge in [0.1, 0.15) is 5.60 Å². The summed E-state index contributed by atoms with van der Waals surface area (Å²) in [7, 11) is 0. The van der Waals surface area contributed by atoms with Gasteiger partial charge in [0.05, 0.1) is 42.1 Å². The number of benzene rings is 1. The number of nitrogens with zero attached hydrogens (tertiary/aromatic N) is 6. The quantitative estimate of drug-likeness (QED) is 0.581. The zero-order valence-electron chi connectivity index (χ0n) is 18.8. The number of anilines is 1. The molecule has 0 radical (unpaired) electrons. The van der Waals surface area contributed by atoms with Gasteiger partial charge >= 0.3 is 6.09 Å². The summed E-state index contributed by atoms with van der Waals surface area (Å²) in [5.74, 6) is 0.901. The van der Waals surface area contributed by atoms with Crippen LogP contribution in [0.1, 0.15) is 45.1 Å². The van der Waals surface area contributed by atoms with E-state index in [1.54, 1.807) is 23.1 Å². The van der Waals surface area contributed by atoms with Gasteiger partial charge in [-0.15, -0.1) is 10.2 Å². The molecule has 1 amide bonds. The second kappa shape index (κ2) is 8.03. The smallest absolute Gasteiger partial charge is 0.416 e. The standard InChI is InChI=1S/C24H26N6O3/c1-3-32-21-8-7-20(27-28-21)30-15-24(33-22(30)31)10-4-9-23(2,13-24)14-29-16-26-18-6-5-17(12-25)11-19(18)29/h5-8,11,16H,3-4,9-10,13-15H2,1-2H3/t23-,24-/m0/s1. The van der Waals surface area contributed by atoms with Crippen LogP contribution in [0.25, 0.3) is 11.0 Å². The fourth-order valence-electron chi connectivity index (χ4n) is 5.29. The number of ether oxygens (including phenoxy) is 2. The molecule has 9 heteroatoms. The van der Waals surface area contributed by atoms with Crippen molar-refractivity contribution in [3.8, 4) is 11.9 Å². The topological polar surface area (TPSA) is 106 Å². The molecule has 1 aliphatic heterocycles. The molecule has 2 atom stereocenters. The summed E-state index contributed by atoms with van der Waals surface area (Å²) in [6, 6.07) is 11.2. The molecule has 9 nitrogen and oxygen atoms in total. The van der Waals surface area contributed by atoms with E-state index in [-0.39, 0.29) is 11.5 Å². The van der Waals surface area contributed by atoms with Crippen LogP contribution in [0.15, 0.2) is 36.7 Å². The molecule has 1 saturated carbocycles. The normalized spacial score (nSPS) is 24.8. The van der Waals surface area contributed by atoms with Crippen molar-refractivity contribution in [2.45, 2.75) is 51.7 Å². The van der Waals surface area contributed by atoms with Gasteiger partial charge in [-0.2, -0.15) is 5.26 Å². The first-order chi connectivity index (χ1) is 15.9. The molecule has 1 spiro atoms. The van der Waals surface area contributed by atoms with Gasteiger partial charge in [-0.25, -0.2) is 9.78 Å². The Morgan fingerprint density at radius 2 is 2.12 bits per heavy atom. The molecule has 2 aliphatic rings. The molecule has 3 aromatic rings. The Labute approximate surface area is 191 Å². The molecule has 1 saturated heterocycles. The van der Waals surface area contributed by atoms with Gasteiger partial charge in [-0.3, -0.25) is 4.90 Å². The minimum absolute atomic E-state index is 0.0880. The molecule has 170 valence electrons. The van der Waals surface area contributed by atoms with Crippen molar-refractivity contribution >= 4 is 22.9 Å². The fourth-order valence-corrected chi connectivity index (χ4v) is 5.29. The van der Waals surface area contributed by atoms with Crippen LogP contribution in [-0.4, -0.2) is 44.6 Å². The zero-order chi connectivity index (χ0) is 23.1. The number of amides is 1. The molecular weight excluding hydrogens is 420 g/mol. The summed E-state index contributed by atoms with van der Waals surface area (Å²) < 4.78 is 13.5. The lowest BCUT2D eigenvalue weighted by atomic mass is 9.68. The molecule has 0 unspecified atom stereocenters. The Bertz CT molecular complexity index is 1230. The molecule has 5 rings (SSSR count). The lowest BCUT2D eigenvalue weighted by molar-refractivity contribution is -0.0264. The van der Waals surface area contributed by atoms with E-state index in [1.165, 1.54) is 0 Å². The van der Waals surface area contributed by atoms with Crippen molar-refractivity contribution in [1.82, 2.24) is 19.7 Å². The van der Waals surface area contributed by atoms with E-state index in [2.05, 4.69) is 32.7 Å². The van der Waals surface area contributed by atoms with E-state index in [4.69, 9.17) is 9.47 Å². The lowest BCUT2D eigenvalue weighted by Gasteiger charge is -2.43. The first kappa shape index (κ1) is 21.2. The predicted octanol–water partition coefficient (Wildman–Crippen LogP) is 4.07. The average Bonchev–Trinajstić information content (AvgIpc) is 3.33. The van der Waals surface area contributed by atoms with Crippen molar-refractivity contribution in [3.63, 3.8) is 0 Å². The van der Waals surface area contributed by atoms with Crippen LogP contribution >= 0.6 is 0 Å². The highest BCUT2D eigenvalue weighted by molar-refractivity contribution is 5.89. The van der Waals surface area contributed by atoms with E-state index in [9.17, 15) is 10.1 Å². The number of carbonyl (C=O) groups is 1. The van der Waals surface area contributed by atoms with Crippen molar-refractivity contribution in [1.29, 1.82) is 5.26 Å². The van der Waals surface area contributed by atoms with Gasteiger partial charge in [-0.05, 0) is 62.3 Å². The minimum Gasteiger partial charge on any atom is -0.477 e. The largest absolute Gasteiger partial charge is 0.477 e. The van der Waals surface area contributed by atoms with Crippen molar-refractivity contribution in [2.75, 3.05) is 18.1 Å². The van der Waals surface area contributed by atoms with Crippen LogP contribution < -0.4 is 9.64 Å². The number of fused-ring (bicyclic) bond motifs is 1. The lowest BCUT2D eigenvalue weighted by Crippen LogP contribution is -2.45. The summed E-state index contributed by atoms with van der Waals surface area (Å²) in [5, 5.41) is 17.5. The second-order valence-corrected chi connectivity index (χ2v) is 9.33. The maximum Gasteiger partial charge on any atom is 0.416 e. The van der Waals surface area contributed by atoms with E-state index in [1.807, 2.05) is 25.4 Å². The average molecular weight is 447 g/mol. The van der Waals surface area contributed by atoms with Crippen LogP contribution in [0.3, 0.4) is 0 Å². The highest BCUT2D eigenvalue weighted by Gasteiger charge is 2.52. The third kappa shape index (κ3) is 3.97. The summed E-state index contributed by atoms with van der Waals surface area (Å²) >= 11 is 0. The van der Waals surface area contributed by atoms with Crippen LogP contribution in [0.2, 0.25) is 0 Å². The van der Waals surface area contributed by atoms with E-state index < -0.39 is 5.60 Å². The Morgan fingerprint density at radius 3 is 2.88 bits per heavy atom. The van der Waals surface area contributed by atoms with Crippen LogP contribution in [0.4, 0.5) is 10.6 Å². The Morgan fingerprint density at radius 1 is 1.24 bits per heavy atom. The van der Waals surface area contributed by atoms with E-state index in [0.29, 0.717) is 30.4 Å². The summed E-state index contributed by atoms with van der Waals surface area (Å²) in [4.78, 5) is 18.9. The summed E-state index contributed by atoms with van der Waals surface area (Å²) in [5.41, 5.74) is 1.79. The van der Waals surface area contributed by atoms with Gasteiger partial charge in [0, 0.05) is 12.6 Å². The minimum atomic E-state index is -0.557. The molecule has 2 fully saturated rings. The highest BCUT2D eigenvalue weighted by Crippen LogP contribution is 2.47. The number of aromatic nitrogens is 4. The van der Waals surface area contributed by atoms with Crippen molar-refractivity contribution in [3.05, 3.63) is 42.2 Å². The molecule has 0 bridgehead atoms. The summed E-state index contributed by atoms with van der Waals surface area (Å²) in [6.07, 6.45) is 4.99. The molecule has 0 N–H and O–H groups in total. The van der Waals surface area contributed by atoms with Gasteiger partial charge in [0.15, 0.2) is 5.82 Å². The fraction of sp³-hybridized carbons (Fsp3) is 0.458. The number of hydrogen-bond acceptors (Lipinski definition) is 7. The number of hydrogen-bond donors (Lipinski definition) is 0. The molecule has 1 aliphatic carbocycles. The van der Waals surface area contributed by atoms with E-state index in [0.717, 1.165) is 43.3 Å². The number of rotatable bonds is 5. The van der Waals surface area contributed by atoms with Crippen molar-refractivity contribution in [2.24, 2.45) is 5.41 Å². The summed E-state index contributed by atoms with van der Waals surface area (Å²) in [6.45, 7) is 5.81. The molecular formula is C24H26N6O3. The predicted molar refractivity (Wildman–Crippen MR) is 121 cm³/mol. The maximum absolute atomic E-state index is 12.8. The molecule has 1 aromatic carbocycles. The van der Waals surface area contributed by atoms with Gasteiger partial charge < -0.3 is 14.0 Å². The number of nitriles is 1. The maximum atomic E-state index is 12.8. The third-order valence-corrected chi connectivity index (χ3v) is 6.63. The van der Waals surface area contributed by atoms with Gasteiger partial charge in [0.2, 0.25) is 5.88 Å². The van der Waals surface area contributed by atoms with Crippen LogP contribution in [-0.2, 0) is 11.3 Å². The highest BCUT2D eigenvalue weighted by atomic mass is 16.6. The SMILES string of the molecule is CCOc1ccc(N2C[C@@]3(CCC[C@](C)(Cn4cnc5ccc(C#N)cc54)C3)OC2=O)nn1. The zero-order valence-corrected chi connectivity index (χ0v) is 18.8. The molecule has 2 aromatic heterocycles. The Kier molecular flexibility index (Phi) is 5.16. The first-order valence-electron chi connectivity index (χ1n) is 11.2. The third-order valence-electron chi connectivity index (χ3n) is 6.63. The molecule has 33 heavy (non-hydrogen) atoms. The molecule has 3 heterocycles. The van der Waals surface area contributed by atoms with Crippen LogP contribution in [0, 0.1) is 16.7 Å². The number of imidazole rings is 1. The van der Waals surface area contributed by atoms with Gasteiger partial charge in [-0.1, -0.05) is 6.92 Å². The monoisotopic (exact) mass is 446 g/mol. The first-order valence-corrected chi connectivity index (χ1v) is 11.2. The van der Waals surface area contributed by atoms with Crippen molar-refractivity contribution < 1.29 is 14.3 Å². The van der Waals surface area contributed by atoms with Crippen LogP contribution in [0.5, 0.6) is 5.88 Å².